The van der Waals surface area contributed by atoms with Crippen molar-refractivity contribution in [1.82, 2.24) is 0 Å². The molecule has 65 heavy (non-hydrogen) atoms. The largest absolute Gasteiger partial charge is 0.310 e. The predicted octanol–water partition coefficient (Wildman–Crippen LogP) is 17.5. The first-order valence-electron chi connectivity index (χ1n) is 22.4. The first kappa shape index (κ1) is 37.5. The topological polar surface area (TPSA) is 3.24 Å². The van der Waals surface area contributed by atoms with Crippen molar-refractivity contribution in [3.8, 4) is 33.4 Å². The van der Waals surface area contributed by atoms with Gasteiger partial charge in [0, 0.05) is 37.2 Å². The van der Waals surface area contributed by atoms with E-state index < -0.39 is 5.41 Å². The van der Waals surface area contributed by atoms with Crippen molar-refractivity contribution in [2.45, 2.75) is 5.41 Å². The second kappa shape index (κ2) is 15.1. The van der Waals surface area contributed by atoms with Crippen LogP contribution in [0.3, 0.4) is 0 Å². The molecule has 304 valence electrons. The molecular weight excluding hydrogens is 803 g/mol. The molecule has 0 aliphatic heterocycles. The predicted molar refractivity (Wildman–Crippen MR) is 277 cm³/mol. The summed E-state index contributed by atoms with van der Waals surface area (Å²) >= 11 is 1.86. The fraction of sp³-hybridized carbons (Fsp3) is 0.0159. The Kier molecular flexibility index (Phi) is 8.69. The molecular formula is C63H41NS. The van der Waals surface area contributed by atoms with E-state index in [-0.39, 0.29) is 0 Å². The summed E-state index contributed by atoms with van der Waals surface area (Å²) in [7, 11) is 0. The Morgan fingerprint density at radius 2 is 0.877 bits per heavy atom. The lowest BCUT2D eigenvalue weighted by molar-refractivity contribution is 0.768. The highest BCUT2D eigenvalue weighted by Gasteiger charge is 2.46. The minimum atomic E-state index is -0.505. The number of rotatable bonds is 7. The van der Waals surface area contributed by atoms with Crippen molar-refractivity contribution in [2.24, 2.45) is 0 Å². The van der Waals surface area contributed by atoms with E-state index in [1.54, 1.807) is 0 Å². The molecule has 0 saturated carbocycles. The van der Waals surface area contributed by atoms with Crippen molar-refractivity contribution in [1.29, 1.82) is 0 Å². The molecule has 0 unspecified atom stereocenters. The van der Waals surface area contributed by atoms with Gasteiger partial charge in [0.05, 0.1) is 5.41 Å². The van der Waals surface area contributed by atoms with Crippen LogP contribution >= 0.6 is 11.3 Å². The van der Waals surface area contributed by atoms with E-state index in [2.05, 4.69) is 254 Å². The normalized spacial score (nSPS) is 12.7. The quantitative estimate of drug-likeness (QED) is 0.154. The average Bonchev–Trinajstić information content (AvgIpc) is 3.90. The van der Waals surface area contributed by atoms with Gasteiger partial charge in [-0.15, -0.1) is 11.3 Å². The molecule has 0 fully saturated rings. The summed E-state index contributed by atoms with van der Waals surface area (Å²) in [6.07, 6.45) is 0. The van der Waals surface area contributed by atoms with Crippen molar-refractivity contribution in [3.63, 3.8) is 0 Å². The van der Waals surface area contributed by atoms with Crippen LogP contribution in [-0.4, -0.2) is 0 Å². The monoisotopic (exact) mass is 843 g/mol. The highest BCUT2D eigenvalue weighted by atomic mass is 32.1. The second-order valence-corrected chi connectivity index (χ2v) is 18.3. The van der Waals surface area contributed by atoms with Crippen molar-refractivity contribution in [2.75, 3.05) is 4.90 Å². The number of fused-ring (bicyclic) bond motifs is 8. The molecule has 1 aliphatic rings. The standard InChI is InChI=1S/C63H41NS/c1-3-17-48(18-4-1)63(49-19-5-2-6-20-49)59-24-11-9-21-54(59)55-36-34-52(41-60(55)63)64(51-35-37-62-58(40-51)56-22-10-12-25-61(56)65-62)50-32-30-43(31-33-50)46-28-27-44-16-13-23-53(57(44)39-46)47-29-26-42-14-7-8-15-45(42)38-47/h1-41H. The smallest absolute Gasteiger partial charge is 0.0714 e. The van der Waals surface area contributed by atoms with Crippen LogP contribution in [0.1, 0.15) is 22.3 Å². The summed E-state index contributed by atoms with van der Waals surface area (Å²) in [5, 5.41) is 7.57. The molecule has 12 aromatic rings. The van der Waals surface area contributed by atoms with Crippen LogP contribution in [0.25, 0.3) is 75.1 Å². The fourth-order valence-electron chi connectivity index (χ4n) is 10.7. The summed E-state index contributed by atoms with van der Waals surface area (Å²) in [6.45, 7) is 0. The van der Waals surface area contributed by atoms with Crippen LogP contribution in [0, 0.1) is 0 Å². The molecule has 13 rings (SSSR count). The van der Waals surface area contributed by atoms with E-state index in [1.165, 1.54) is 97.4 Å². The van der Waals surface area contributed by atoms with Gasteiger partial charge in [0.15, 0.2) is 0 Å². The van der Waals surface area contributed by atoms with Gasteiger partial charge < -0.3 is 4.90 Å². The highest BCUT2D eigenvalue weighted by molar-refractivity contribution is 7.25. The van der Waals surface area contributed by atoms with E-state index in [0.29, 0.717) is 0 Å². The average molecular weight is 844 g/mol. The van der Waals surface area contributed by atoms with Crippen LogP contribution in [0.4, 0.5) is 17.1 Å². The van der Waals surface area contributed by atoms with Gasteiger partial charge >= 0.3 is 0 Å². The van der Waals surface area contributed by atoms with E-state index in [1.807, 2.05) is 11.3 Å². The number of thiophene rings is 1. The summed E-state index contributed by atoms with van der Waals surface area (Å²) in [5.41, 5.74) is 15.4. The Labute approximate surface area is 382 Å². The van der Waals surface area contributed by atoms with Crippen molar-refractivity contribution in [3.05, 3.63) is 271 Å². The lowest BCUT2D eigenvalue weighted by Gasteiger charge is -2.35. The lowest BCUT2D eigenvalue weighted by Crippen LogP contribution is -2.28. The van der Waals surface area contributed by atoms with Crippen LogP contribution in [0.5, 0.6) is 0 Å². The molecule has 11 aromatic carbocycles. The van der Waals surface area contributed by atoms with E-state index in [4.69, 9.17) is 0 Å². The molecule has 1 heterocycles. The van der Waals surface area contributed by atoms with Gasteiger partial charge in [0.1, 0.15) is 0 Å². The number of benzene rings is 11. The maximum Gasteiger partial charge on any atom is 0.0714 e. The molecule has 0 spiro atoms. The van der Waals surface area contributed by atoms with Gasteiger partial charge in [0.25, 0.3) is 0 Å². The van der Waals surface area contributed by atoms with Gasteiger partial charge in [-0.25, -0.2) is 0 Å². The minimum Gasteiger partial charge on any atom is -0.310 e. The third-order valence-corrected chi connectivity index (χ3v) is 14.9. The molecule has 0 radical (unpaired) electrons. The van der Waals surface area contributed by atoms with Crippen molar-refractivity contribution < 1.29 is 0 Å². The molecule has 1 nitrogen and oxygen atoms in total. The van der Waals surface area contributed by atoms with Gasteiger partial charge in [-0.1, -0.05) is 188 Å². The van der Waals surface area contributed by atoms with Crippen LogP contribution < -0.4 is 4.90 Å². The third-order valence-electron chi connectivity index (χ3n) is 13.7. The molecule has 1 aliphatic carbocycles. The molecule has 0 atom stereocenters. The zero-order valence-corrected chi connectivity index (χ0v) is 36.3. The molecule has 0 amide bonds. The first-order valence-corrected chi connectivity index (χ1v) is 23.2. The van der Waals surface area contributed by atoms with Gasteiger partial charge in [-0.05, 0) is 138 Å². The molecule has 0 N–H and O–H groups in total. The van der Waals surface area contributed by atoms with Gasteiger partial charge in [0.2, 0.25) is 0 Å². The summed E-state index contributed by atoms with van der Waals surface area (Å²) in [6, 6.07) is 92.2. The van der Waals surface area contributed by atoms with Gasteiger partial charge in [-0.3, -0.25) is 0 Å². The SMILES string of the molecule is c1ccc(C2(c3ccccc3)c3ccccc3-c3ccc(N(c4ccc(-c5ccc6cccc(-c7ccc8ccccc8c7)c6c5)cc4)c4ccc5sc6ccccc6c5c4)cc32)cc1. The number of anilines is 3. The van der Waals surface area contributed by atoms with E-state index >= 15 is 0 Å². The van der Waals surface area contributed by atoms with Crippen LogP contribution in [0.2, 0.25) is 0 Å². The van der Waals surface area contributed by atoms with Gasteiger partial charge in [-0.2, -0.15) is 0 Å². The maximum absolute atomic E-state index is 2.47. The summed E-state index contributed by atoms with van der Waals surface area (Å²) < 4.78 is 2.60. The molecule has 1 aromatic heterocycles. The Hall–Kier alpha value is -8.04. The number of hydrogen-bond donors (Lipinski definition) is 0. The Morgan fingerprint density at radius 3 is 1.71 bits per heavy atom. The van der Waals surface area contributed by atoms with E-state index in [0.717, 1.165) is 17.1 Å². The number of hydrogen-bond acceptors (Lipinski definition) is 2. The minimum absolute atomic E-state index is 0.505. The highest BCUT2D eigenvalue weighted by Crippen LogP contribution is 2.57. The number of nitrogens with zero attached hydrogens (tertiary/aromatic N) is 1. The Balaban J connectivity index is 0.981. The summed E-state index contributed by atoms with van der Waals surface area (Å²) in [5.74, 6) is 0. The fourth-order valence-corrected chi connectivity index (χ4v) is 11.8. The first-order chi connectivity index (χ1) is 32.2. The third kappa shape index (κ3) is 5.99. The van der Waals surface area contributed by atoms with Crippen LogP contribution in [0.15, 0.2) is 249 Å². The lowest BCUT2D eigenvalue weighted by atomic mass is 9.67. The molecule has 2 heteroatoms. The van der Waals surface area contributed by atoms with Crippen molar-refractivity contribution >= 4 is 70.1 Å². The second-order valence-electron chi connectivity index (χ2n) is 17.2. The van der Waals surface area contributed by atoms with E-state index in [9.17, 15) is 0 Å². The maximum atomic E-state index is 2.47. The van der Waals surface area contributed by atoms with Crippen LogP contribution in [-0.2, 0) is 5.41 Å². The Bertz CT molecular complexity index is 3730. The zero-order valence-electron chi connectivity index (χ0n) is 35.5. The molecule has 0 saturated heterocycles. The zero-order chi connectivity index (χ0) is 42.9. The Morgan fingerprint density at radius 1 is 0.292 bits per heavy atom. The summed E-state index contributed by atoms with van der Waals surface area (Å²) in [4.78, 5) is 2.46. The molecule has 0 bridgehead atoms.